The van der Waals surface area contributed by atoms with Crippen LogP contribution in [0.25, 0.3) is 0 Å². The van der Waals surface area contributed by atoms with Crippen molar-refractivity contribution in [2.45, 2.75) is 44.3 Å². The molecule has 0 saturated carbocycles. The second-order valence-corrected chi connectivity index (χ2v) is 10.2. The Labute approximate surface area is 207 Å². The number of carbonyl (C=O) groups excluding carboxylic acids is 2. The number of thioether (sulfide) groups is 1. The number of thiazole rings is 1. The molecule has 15 heteroatoms. The van der Waals surface area contributed by atoms with Crippen LogP contribution in [0, 0.1) is 6.92 Å². The van der Waals surface area contributed by atoms with Gasteiger partial charge in [-0.05, 0) is 6.42 Å². The van der Waals surface area contributed by atoms with Crippen LogP contribution >= 0.6 is 23.1 Å². The number of aliphatic carboxylic acids is 1. The fourth-order valence-corrected chi connectivity index (χ4v) is 6.43. The monoisotopic (exact) mass is 519 g/mol. The number of hydrogen-bond acceptors (Lipinski definition) is 10. The first-order valence-electron chi connectivity index (χ1n) is 10.8. The Morgan fingerprint density at radius 1 is 1.46 bits per heavy atom. The van der Waals surface area contributed by atoms with Gasteiger partial charge in [0.2, 0.25) is 5.82 Å². The topological polar surface area (TPSA) is 169 Å². The van der Waals surface area contributed by atoms with Crippen molar-refractivity contribution >= 4 is 51.7 Å². The summed E-state index contributed by atoms with van der Waals surface area (Å²) in [5, 5.41) is 22.2. The number of nitrogens with one attached hydrogen (secondary N) is 1. The maximum atomic E-state index is 13.0. The number of nitrogens with two attached hydrogens (primary N) is 1. The predicted molar refractivity (Wildman–Crippen MR) is 125 cm³/mol. The number of rotatable bonds is 7. The van der Waals surface area contributed by atoms with Crippen LogP contribution in [-0.2, 0) is 38.7 Å². The summed E-state index contributed by atoms with van der Waals surface area (Å²) in [5.41, 5.74) is 6.35. The summed E-state index contributed by atoms with van der Waals surface area (Å²) in [4.78, 5) is 48.2. The number of fused-ring (bicyclic) bond motifs is 2. The minimum atomic E-state index is -1.18. The molecule has 3 aliphatic rings. The van der Waals surface area contributed by atoms with E-state index in [4.69, 9.17) is 10.6 Å². The van der Waals surface area contributed by atoms with E-state index in [1.165, 1.54) is 23.8 Å². The van der Waals surface area contributed by atoms with Crippen LogP contribution in [0.15, 0.2) is 21.8 Å². The molecule has 5 heterocycles. The summed E-state index contributed by atoms with van der Waals surface area (Å²) >= 11 is 2.54. The van der Waals surface area contributed by atoms with Crippen molar-refractivity contribution in [3.05, 3.63) is 34.0 Å². The maximum absolute atomic E-state index is 13.0. The van der Waals surface area contributed by atoms with Gasteiger partial charge >= 0.3 is 5.97 Å². The van der Waals surface area contributed by atoms with Crippen molar-refractivity contribution in [3.63, 3.8) is 0 Å². The van der Waals surface area contributed by atoms with Crippen LogP contribution in [0.2, 0.25) is 0 Å². The van der Waals surface area contributed by atoms with Crippen molar-refractivity contribution in [1.82, 2.24) is 25.0 Å². The van der Waals surface area contributed by atoms with E-state index in [2.05, 4.69) is 20.6 Å². The van der Waals surface area contributed by atoms with E-state index < -0.39 is 29.2 Å². The van der Waals surface area contributed by atoms with Crippen LogP contribution in [0.3, 0.4) is 0 Å². The Hall–Kier alpha value is -3.46. The third kappa shape index (κ3) is 3.93. The third-order valence-electron chi connectivity index (χ3n) is 6.08. The molecule has 2 aromatic rings. The van der Waals surface area contributed by atoms with E-state index in [9.17, 15) is 19.5 Å². The van der Waals surface area contributed by atoms with Crippen LogP contribution < -0.4 is 15.6 Å². The summed E-state index contributed by atoms with van der Waals surface area (Å²) in [6.07, 6.45) is 1.87. The summed E-state index contributed by atoms with van der Waals surface area (Å²) in [7, 11) is 1.29. The predicted octanol–water partition coefficient (Wildman–Crippen LogP) is -0.747. The number of carboxylic acids is 1. The van der Waals surface area contributed by atoms with Crippen LogP contribution in [0.5, 0.6) is 0 Å². The van der Waals surface area contributed by atoms with Gasteiger partial charge in [0.05, 0.1) is 6.54 Å². The highest BCUT2D eigenvalue weighted by Gasteiger charge is 2.54. The Balaban J connectivity index is 1.37. The average molecular weight is 520 g/mol. The lowest BCUT2D eigenvalue weighted by Gasteiger charge is -2.49. The van der Waals surface area contributed by atoms with E-state index in [1.54, 1.807) is 5.38 Å². The van der Waals surface area contributed by atoms with E-state index in [0.717, 1.165) is 42.4 Å². The zero-order valence-corrected chi connectivity index (χ0v) is 20.6. The van der Waals surface area contributed by atoms with Crippen LogP contribution in [0.4, 0.5) is 5.13 Å². The molecule has 2 aromatic heterocycles. The van der Waals surface area contributed by atoms with Gasteiger partial charge < -0.3 is 21.0 Å². The molecule has 2 amide bonds. The smallest absolute Gasteiger partial charge is 0.352 e. The lowest BCUT2D eigenvalue weighted by atomic mass is 10.0. The van der Waals surface area contributed by atoms with E-state index in [0.29, 0.717) is 17.9 Å². The molecule has 184 valence electrons. The Kier molecular flexibility index (Phi) is 5.96. The van der Waals surface area contributed by atoms with Crippen molar-refractivity contribution < 1.29 is 28.9 Å². The molecule has 0 bridgehead atoms. The number of amides is 2. The highest BCUT2D eigenvalue weighted by molar-refractivity contribution is 8.00. The quantitative estimate of drug-likeness (QED) is 0.184. The first kappa shape index (κ1) is 23.3. The van der Waals surface area contributed by atoms with Crippen LogP contribution in [-0.4, -0.2) is 72.5 Å². The molecule has 4 N–H and O–H groups in total. The Morgan fingerprint density at radius 2 is 2.26 bits per heavy atom. The van der Waals surface area contributed by atoms with E-state index in [-0.39, 0.29) is 22.2 Å². The number of β-lactam (4-membered cyclic amide) rings is 1. The second kappa shape index (κ2) is 8.96. The zero-order valence-electron chi connectivity index (χ0n) is 18.9. The summed E-state index contributed by atoms with van der Waals surface area (Å²) in [6, 6.07) is -0.906. The molecule has 1 saturated heterocycles. The van der Waals surface area contributed by atoms with Gasteiger partial charge in [0, 0.05) is 35.1 Å². The standard InChI is InChI=1S/C20H22N8O5S2/c1-9-24-27-5-3-4-12(27)26(9)6-10-7-34-18-14(17(30)28(18)15(10)19(31)32)23-16(29)13(25-33-2)11-8-35-20(21)22-11/h8,14,18H,3-7H2,1-2H3,(H3-,21,22,23,29,31,32)/p+1/b25-13-/t14-,18-/m1/s1. The molecule has 3 aliphatic heterocycles. The van der Waals surface area contributed by atoms with Crippen molar-refractivity contribution in [2.24, 2.45) is 5.16 Å². The number of aromatic nitrogens is 4. The van der Waals surface area contributed by atoms with Gasteiger partial charge in [-0.2, -0.15) is 0 Å². The third-order valence-corrected chi connectivity index (χ3v) is 8.10. The van der Waals surface area contributed by atoms with Gasteiger partial charge in [0.25, 0.3) is 17.6 Å². The summed E-state index contributed by atoms with van der Waals surface area (Å²) in [5.74, 6) is -0.0753. The number of hydrogen-bond donors (Lipinski definition) is 3. The molecule has 5 rings (SSSR count). The lowest BCUT2D eigenvalue weighted by Crippen LogP contribution is -2.71. The van der Waals surface area contributed by atoms with Gasteiger partial charge in [-0.1, -0.05) is 5.16 Å². The van der Waals surface area contributed by atoms with Gasteiger partial charge in [-0.25, -0.2) is 14.3 Å². The molecular formula is C20H23N8O5S2+. The fourth-order valence-electron chi connectivity index (χ4n) is 4.55. The molecule has 2 atom stereocenters. The molecule has 0 aromatic carbocycles. The van der Waals surface area contributed by atoms with Gasteiger partial charge in [0.15, 0.2) is 10.8 Å². The van der Waals surface area contributed by atoms with Gasteiger partial charge in [0.1, 0.15) is 36.5 Å². The fraction of sp³-hybridized carbons (Fsp3) is 0.450. The van der Waals surface area contributed by atoms with Crippen molar-refractivity contribution in [1.29, 1.82) is 0 Å². The highest BCUT2D eigenvalue weighted by atomic mass is 32.2. The maximum Gasteiger partial charge on any atom is 0.352 e. The Morgan fingerprint density at radius 3 is 2.94 bits per heavy atom. The minimum Gasteiger partial charge on any atom is -0.477 e. The summed E-state index contributed by atoms with van der Waals surface area (Å²) in [6.45, 7) is 3.08. The Bertz CT molecular complexity index is 1300. The molecule has 0 radical (unpaired) electrons. The number of nitrogen functional groups attached to an aromatic ring is 1. The molecule has 0 aliphatic carbocycles. The number of aryl methyl sites for hydroxylation is 2. The van der Waals surface area contributed by atoms with Gasteiger partial charge in [-0.3, -0.25) is 14.5 Å². The molecule has 0 spiro atoms. The number of oxime groups is 1. The van der Waals surface area contributed by atoms with Crippen molar-refractivity contribution in [3.8, 4) is 0 Å². The number of anilines is 1. The summed E-state index contributed by atoms with van der Waals surface area (Å²) < 4.78 is 3.97. The minimum absolute atomic E-state index is 0.0350. The molecular weight excluding hydrogens is 496 g/mol. The normalized spacial score (nSPS) is 21.5. The average Bonchev–Trinajstić information content (AvgIpc) is 3.53. The zero-order chi connectivity index (χ0) is 24.9. The SMILES string of the molecule is CO/N=C(\C(=O)N[C@@H]1C(=O)N2C(C(=O)O)=C(C[n+]3c(C)nn4c3CCC4)CS[C@H]12)c1csc(N)n1. The number of nitrogens with zero attached hydrogens (tertiary/aromatic N) is 6. The van der Waals surface area contributed by atoms with E-state index in [1.807, 2.05) is 16.2 Å². The van der Waals surface area contributed by atoms with E-state index >= 15 is 0 Å². The largest absolute Gasteiger partial charge is 0.477 e. The number of carboxylic acid groups (broad SMARTS) is 1. The van der Waals surface area contributed by atoms with Crippen molar-refractivity contribution in [2.75, 3.05) is 18.6 Å². The molecule has 0 unspecified atom stereocenters. The number of carbonyl (C=O) groups is 3. The first-order chi connectivity index (χ1) is 16.8. The molecule has 1 fully saturated rings. The van der Waals surface area contributed by atoms with Gasteiger partial charge in [-0.15, -0.1) is 27.8 Å². The molecule has 13 nitrogen and oxygen atoms in total. The first-order valence-corrected chi connectivity index (χ1v) is 12.7. The van der Waals surface area contributed by atoms with Crippen LogP contribution in [0.1, 0.15) is 23.8 Å². The lowest BCUT2D eigenvalue weighted by molar-refractivity contribution is -0.702. The second-order valence-electron chi connectivity index (χ2n) is 8.19. The highest BCUT2D eigenvalue weighted by Crippen LogP contribution is 2.40. The molecule has 35 heavy (non-hydrogen) atoms.